The largest absolute Gasteiger partial charge is 0.341 e. The molecule has 0 N–H and O–H groups in total. The molecular formula is C24H23N5O2S. The highest BCUT2D eigenvalue weighted by atomic mass is 32.1. The zero-order valence-electron chi connectivity index (χ0n) is 18.6. The van der Waals surface area contributed by atoms with Crippen LogP contribution in [0.15, 0.2) is 39.2 Å². The number of thiazole rings is 1. The van der Waals surface area contributed by atoms with Crippen molar-refractivity contribution in [1.29, 1.82) is 5.26 Å². The monoisotopic (exact) mass is 445 g/mol. The lowest BCUT2D eigenvalue weighted by atomic mass is 9.79. The molecule has 0 saturated carbocycles. The van der Waals surface area contributed by atoms with Crippen molar-refractivity contribution in [1.82, 2.24) is 18.7 Å². The second-order valence-electron chi connectivity index (χ2n) is 9.19. The zero-order chi connectivity index (χ0) is 22.9. The maximum atomic E-state index is 13.4. The highest BCUT2D eigenvalue weighted by Gasteiger charge is 2.46. The van der Waals surface area contributed by atoms with Gasteiger partial charge in [-0.1, -0.05) is 26.0 Å². The van der Waals surface area contributed by atoms with Crippen molar-refractivity contribution in [3.8, 4) is 17.3 Å². The first kappa shape index (κ1) is 20.5. The fourth-order valence-electron chi connectivity index (χ4n) is 5.06. The SMILES string of the molecule is Cc1csc([C@@H]2c3c4c(c(-c5cccc(C#N)c5)n3CC2(C)C)c(=O)n(C)c(=O)n4C)n1. The number of benzene rings is 1. The van der Waals surface area contributed by atoms with Crippen LogP contribution in [0.1, 0.15) is 41.7 Å². The minimum atomic E-state index is -0.355. The number of aryl methyl sites for hydroxylation is 2. The first-order valence-corrected chi connectivity index (χ1v) is 11.3. The van der Waals surface area contributed by atoms with Crippen molar-refractivity contribution in [3.05, 3.63) is 72.4 Å². The van der Waals surface area contributed by atoms with Crippen LogP contribution in [-0.4, -0.2) is 18.7 Å². The van der Waals surface area contributed by atoms with Crippen molar-refractivity contribution in [2.75, 3.05) is 0 Å². The Labute approximate surface area is 188 Å². The van der Waals surface area contributed by atoms with E-state index in [0.29, 0.717) is 23.0 Å². The molecule has 0 spiro atoms. The average Bonchev–Trinajstić information content (AvgIpc) is 3.39. The summed E-state index contributed by atoms with van der Waals surface area (Å²) in [7, 11) is 3.23. The van der Waals surface area contributed by atoms with E-state index in [0.717, 1.165) is 32.2 Å². The molecule has 0 saturated heterocycles. The summed E-state index contributed by atoms with van der Waals surface area (Å²) in [6, 6.07) is 9.49. The normalized spacial score (nSPS) is 16.9. The number of hydrogen-bond donors (Lipinski definition) is 0. The number of hydrogen-bond acceptors (Lipinski definition) is 5. The lowest BCUT2D eigenvalue weighted by Gasteiger charge is -2.25. The van der Waals surface area contributed by atoms with Crippen LogP contribution in [0.3, 0.4) is 0 Å². The Hall–Kier alpha value is -3.44. The lowest BCUT2D eigenvalue weighted by molar-refractivity contribution is 0.323. The molecule has 0 bridgehead atoms. The molecular weight excluding hydrogens is 422 g/mol. The molecule has 1 aliphatic heterocycles. The van der Waals surface area contributed by atoms with E-state index in [-0.39, 0.29) is 22.6 Å². The summed E-state index contributed by atoms with van der Waals surface area (Å²) in [4.78, 5) is 31.1. The summed E-state index contributed by atoms with van der Waals surface area (Å²) >= 11 is 1.61. The summed E-state index contributed by atoms with van der Waals surface area (Å²) in [6.07, 6.45) is 0. The highest BCUT2D eigenvalue weighted by Crippen LogP contribution is 2.53. The van der Waals surface area contributed by atoms with Crippen LogP contribution in [0.2, 0.25) is 0 Å². The predicted octanol–water partition coefficient (Wildman–Crippen LogP) is 3.51. The Balaban J connectivity index is 1.99. The summed E-state index contributed by atoms with van der Waals surface area (Å²) in [5.41, 5.74) is 3.77. The first-order chi connectivity index (χ1) is 15.2. The Kier molecular flexibility index (Phi) is 4.33. The summed E-state index contributed by atoms with van der Waals surface area (Å²) in [5.74, 6) is -0.0608. The Morgan fingerprint density at radius 3 is 2.62 bits per heavy atom. The van der Waals surface area contributed by atoms with E-state index < -0.39 is 0 Å². The molecule has 0 aliphatic carbocycles. The maximum Gasteiger partial charge on any atom is 0.331 e. The van der Waals surface area contributed by atoms with Crippen LogP contribution in [-0.2, 0) is 20.6 Å². The molecule has 1 aliphatic rings. The smallest absolute Gasteiger partial charge is 0.331 e. The van der Waals surface area contributed by atoms with Gasteiger partial charge in [0.1, 0.15) is 5.01 Å². The van der Waals surface area contributed by atoms with Crippen LogP contribution in [0.4, 0.5) is 0 Å². The van der Waals surface area contributed by atoms with Crippen molar-refractivity contribution in [2.45, 2.75) is 33.2 Å². The van der Waals surface area contributed by atoms with Gasteiger partial charge in [-0.2, -0.15) is 5.26 Å². The fourth-order valence-corrected chi connectivity index (χ4v) is 6.17. The van der Waals surface area contributed by atoms with Crippen LogP contribution >= 0.6 is 11.3 Å². The van der Waals surface area contributed by atoms with E-state index in [4.69, 9.17) is 4.98 Å². The second kappa shape index (κ2) is 6.78. The molecule has 0 amide bonds. The summed E-state index contributed by atoms with van der Waals surface area (Å²) < 4.78 is 4.90. The molecule has 32 heavy (non-hydrogen) atoms. The van der Waals surface area contributed by atoms with Crippen molar-refractivity contribution in [2.24, 2.45) is 19.5 Å². The first-order valence-electron chi connectivity index (χ1n) is 10.4. The van der Waals surface area contributed by atoms with Gasteiger partial charge in [0.2, 0.25) is 0 Å². The van der Waals surface area contributed by atoms with Crippen LogP contribution in [0.5, 0.6) is 0 Å². The minimum absolute atomic E-state index is 0.0608. The fraction of sp³-hybridized carbons (Fsp3) is 0.333. The third-order valence-electron chi connectivity index (χ3n) is 6.47. The molecule has 0 radical (unpaired) electrons. The Morgan fingerprint density at radius 2 is 1.97 bits per heavy atom. The van der Waals surface area contributed by atoms with E-state index in [1.54, 1.807) is 35.1 Å². The van der Waals surface area contributed by atoms with Gasteiger partial charge in [0.15, 0.2) is 0 Å². The van der Waals surface area contributed by atoms with Gasteiger partial charge in [0.25, 0.3) is 5.56 Å². The molecule has 4 aromatic rings. The van der Waals surface area contributed by atoms with E-state index in [1.165, 1.54) is 7.05 Å². The number of rotatable bonds is 2. The summed E-state index contributed by atoms with van der Waals surface area (Å²) in [5, 5.41) is 13.0. The molecule has 4 heterocycles. The molecule has 1 aromatic carbocycles. The number of nitriles is 1. The van der Waals surface area contributed by atoms with Gasteiger partial charge in [-0.15, -0.1) is 11.3 Å². The van der Waals surface area contributed by atoms with E-state index in [2.05, 4.69) is 24.5 Å². The van der Waals surface area contributed by atoms with Gasteiger partial charge in [0.05, 0.1) is 39.8 Å². The van der Waals surface area contributed by atoms with E-state index in [1.807, 2.05) is 24.4 Å². The van der Waals surface area contributed by atoms with Crippen LogP contribution < -0.4 is 11.2 Å². The number of aromatic nitrogens is 4. The third kappa shape index (κ3) is 2.67. The van der Waals surface area contributed by atoms with Crippen molar-refractivity contribution < 1.29 is 0 Å². The Morgan fingerprint density at radius 1 is 1.22 bits per heavy atom. The van der Waals surface area contributed by atoms with E-state index in [9.17, 15) is 14.9 Å². The maximum absolute atomic E-state index is 13.4. The molecule has 7 nitrogen and oxygen atoms in total. The molecule has 8 heteroatoms. The molecule has 3 aromatic heterocycles. The number of fused-ring (bicyclic) bond motifs is 3. The van der Waals surface area contributed by atoms with E-state index >= 15 is 0 Å². The van der Waals surface area contributed by atoms with Gasteiger partial charge < -0.3 is 4.57 Å². The molecule has 162 valence electrons. The second-order valence-corrected chi connectivity index (χ2v) is 10.1. The lowest BCUT2D eigenvalue weighted by Crippen LogP contribution is -2.37. The third-order valence-corrected chi connectivity index (χ3v) is 7.50. The van der Waals surface area contributed by atoms with Gasteiger partial charge in [-0.25, -0.2) is 9.78 Å². The minimum Gasteiger partial charge on any atom is -0.341 e. The van der Waals surface area contributed by atoms with Crippen LogP contribution in [0, 0.1) is 23.7 Å². The average molecular weight is 446 g/mol. The summed E-state index contributed by atoms with van der Waals surface area (Å²) in [6.45, 7) is 7.04. The van der Waals surface area contributed by atoms with Crippen LogP contribution in [0.25, 0.3) is 22.2 Å². The predicted molar refractivity (Wildman–Crippen MR) is 125 cm³/mol. The van der Waals surface area contributed by atoms with Crippen molar-refractivity contribution in [3.63, 3.8) is 0 Å². The van der Waals surface area contributed by atoms with Gasteiger partial charge >= 0.3 is 5.69 Å². The zero-order valence-corrected chi connectivity index (χ0v) is 19.4. The van der Waals surface area contributed by atoms with Gasteiger partial charge in [0, 0.05) is 37.3 Å². The van der Waals surface area contributed by atoms with Crippen molar-refractivity contribution >= 4 is 22.2 Å². The quantitative estimate of drug-likeness (QED) is 0.473. The van der Waals surface area contributed by atoms with Gasteiger partial charge in [-0.3, -0.25) is 13.9 Å². The number of nitrogens with zero attached hydrogens (tertiary/aromatic N) is 5. The van der Waals surface area contributed by atoms with Gasteiger partial charge in [-0.05, 0) is 24.5 Å². The molecule has 1 atom stereocenters. The topological polar surface area (TPSA) is 85.6 Å². The molecule has 0 fully saturated rings. The highest BCUT2D eigenvalue weighted by molar-refractivity contribution is 7.09. The molecule has 0 unspecified atom stereocenters. The molecule has 5 rings (SSSR count). The Bertz CT molecular complexity index is 1570. The standard InChI is InChI=1S/C24H23N5O2S/c1-13-11-32-21(26-13)17-20-19-16(22(30)28(5)23(31)27(19)4)18(29(20)12-24(17,2)3)15-8-6-7-14(9-15)10-25/h6-9,11,17H,12H2,1-5H3/t17-/m0/s1.